The Balaban J connectivity index is 2.08. The molecule has 0 aliphatic rings. The van der Waals surface area contributed by atoms with Crippen molar-refractivity contribution in [2.75, 3.05) is 6.61 Å². The maximum atomic E-state index is 5.85. The Bertz CT molecular complexity index is 607. The highest BCUT2D eigenvalue weighted by Crippen LogP contribution is 2.21. The van der Waals surface area contributed by atoms with Crippen molar-refractivity contribution in [3.05, 3.63) is 34.7 Å². The Hall–Kier alpha value is -0.983. The van der Waals surface area contributed by atoms with Gasteiger partial charge in [0.1, 0.15) is 12.4 Å². The Morgan fingerprint density at radius 2 is 2.05 bits per heavy atom. The van der Waals surface area contributed by atoms with Crippen LogP contribution >= 0.6 is 15.9 Å². The van der Waals surface area contributed by atoms with Crippen LogP contribution < -0.4 is 0 Å². The van der Waals surface area contributed by atoms with Crippen LogP contribution in [0.1, 0.15) is 5.69 Å². The molecule has 0 saturated heterocycles. The summed E-state index contributed by atoms with van der Waals surface area (Å²) in [6, 6.07) is 5.06. The zero-order chi connectivity index (χ0) is 15.5. The van der Waals surface area contributed by atoms with Crippen molar-refractivity contribution in [1.82, 2.24) is 14.5 Å². The minimum Gasteiger partial charge on any atom is -0.361 e. The molecule has 0 unspecified atom stereocenters. The number of aromatic nitrogens is 3. The average Bonchev–Trinajstić information content (AvgIpc) is 2.75. The Kier molecular flexibility index (Phi) is 5.35. The molecular formula is C15H22BrN3OSi. The third-order valence-corrected chi connectivity index (χ3v) is 5.42. The number of ether oxygens (including phenoxy) is 1. The molecule has 0 N–H and O–H groups in total. The lowest BCUT2D eigenvalue weighted by atomic mass is 10.3. The molecule has 0 aliphatic carbocycles. The molecule has 0 fully saturated rings. The van der Waals surface area contributed by atoms with Gasteiger partial charge in [-0.3, -0.25) is 4.98 Å². The molecule has 0 radical (unpaired) electrons. The highest BCUT2D eigenvalue weighted by molar-refractivity contribution is 9.10. The fraction of sp³-hybridized carbons (Fsp3) is 0.467. The number of aryl methyl sites for hydroxylation is 1. The zero-order valence-electron chi connectivity index (χ0n) is 13.1. The normalized spacial score (nSPS) is 11.9. The van der Waals surface area contributed by atoms with E-state index in [1.807, 2.05) is 25.3 Å². The van der Waals surface area contributed by atoms with Gasteiger partial charge >= 0.3 is 0 Å². The van der Waals surface area contributed by atoms with Crippen LogP contribution in [0.2, 0.25) is 25.7 Å². The molecule has 6 heteroatoms. The fourth-order valence-electron chi connectivity index (χ4n) is 1.89. The van der Waals surface area contributed by atoms with E-state index in [0.717, 1.165) is 28.3 Å². The lowest BCUT2D eigenvalue weighted by molar-refractivity contribution is 0.0870. The first-order chi connectivity index (χ1) is 9.87. The van der Waals surface area contributed by atoms with Gasteiger partial charge in [0.05, 0.1) is 0 Å². The standard InChI is InChI=1S/C15H22BrN3OSi/c1-12-10-18-15(14-9-13(16)5-6-17-14)19(12)11-20-7-8-21(2,3)4/h5-6,9-10H,7-8,11H2,1-4H3. The second kappa shape index (κ2) is 6.85. The lowest BCUT2D eigenvalue weighted by Gasteiger charge is -2.16. The molecule has 0 amide bonds. The van der Waals surface area contributed by atoms with Crippen LogP contribution in [-0.2, 0) is 11.5 Å². The van der Waals surface area contributed by atoms with E-state index in [-0.39, 0.29) is 0 Å². The van der Waals surface area contributed by atoms with E-state index in [4.69, 9.17) is 4.74 Å². The van der Waals surface area contributed by atoms with Crippen LogP contribution in [0.15, 0.2) is 29.0 Å². The minimum atomic E-state index is -1.05. The van der Waals surface area contributed by atoms with E-state index >= 15 is 0 Å². The Morgan fingerprint density at radius 3 is 2.71 bits per heavy atom. The van der Waals surface area contributed by atoms with E-state index < -0.39 is 8.07 Å². The molecule has 0 saturated carbocycles. The topological polar surface area (TPSA) is 39.9 Å². The van der Waals surface area contributed by atoms with Gasteiger partial charge in [-0.1, -0.05) is 35.6 Å². The molecule has 0 aliphatic heterocycles. The quantitative estimate of drug-likeness (QED) is 0.563. The molecular weight excluding hydrogens is 346 g/mol. The number of rotatable bonds is 6. The molecule has 2 heterocycles. The number of nitrogens with zero attached hydrogens (tertiary/aromatic N) is 3. The number of hydrogen-bond acceptors (Lipinski definition) is 3. The molecule has 21 heavy (non-hydrogen) atoms. The van der Waals surface area contributed by atoms with Crippen molar-refractivity contribution in [3.63, 3.8) is 0 Å². The molecule has 114 valence electrons. The van der Waals surface area contributed by atoms with Gasteiger partial charge in [0.2, 0.25) is 0 Å². The summed E-state index contributed by atoms with van der Waals surface area (Å²) < 4.78 is 8.91. The smallest absolute Gasteiger partial charge is 0.160 e. The monoisotopic (exact) mass is 367 g/mol. The van der Waals surface area contributed by atoms with Crippen LogP contribution in [0.5, 0.6) is 0 Å². The third-order valence-electron chi connectivity index (χ3n) is 3.22. The Morgan fingerprint density at radius 1 is 1.29 bits per heavy atom. The molecule has 0 spiro atoms. The number of pyridine rings is 1. The van der Waals surface area contributed by atoms with E-state index in [1.54, 1.807) is 6.20 Å². The van der Waals surface area contributed by atoms with Crippen molar-refractivity contribution in [2.24, 2.45) is 0 Å². The number of imidazole rings is 1. The first kappa shape index (κ1) is 16.4. The van der Waals surface area contributed by atoms with Crippen LogP contribution in [-0.4, -0.2) is 29.2 Å². The van der Waals surface area contributed by atoms with E-state index in [9.17, 15) is 0 Å². The third kappa shape index (κ3) is 4.76. The summed E-state index contributed by atoms with van der Waals surface area (Å²) in [6.07, 6.45) is 3.64. The molecule has 0 aromatic carbocycles. The summed E-state index contributed by atoms with van der Waals surface area (Å²) >= 11 is 3.47. The number of hydrogen-bond donors (Lipinski definition) is 0. The molecule has 2 aromatic rings. The summed E-state index contributed by atoms with van der Waals surface area (Å²) in [6.45, 7) is 10.4. The van der Waals surface area contributed by atoms with Crippen molar-refractivity contribution in [2.45, 2.75) is 39.3 Å². The van der Waals surface area contributed by atoms with Crippen LogP contribution in [0, 0.1) is 6.92 Å². The van der Waals surface area contributed by atoms with Gasteiger partial charge in [-0.25, -0.2) is 4.98 Å². The van der Waals surface area contributed by atoms with E-state index in [2.05, 4.69) is 50.1 Å². The molecule has 0 atom stereocenters. The lowest BCUT2D eigenvalue weighted by Crippen LogP contribution is -2.22. The van der Waals surface area contributed by atoms with E-state index in [0.29, 0.717) is 6.73 Å². The van der Waals surface area contributed by atoms with Gasteiger partial charge < -0.3 is 9.30 Å². The molecule has 2 rings (SSSR count). The van der Waals surface area contributed by atoms with Crippen LogP contribution in [0.25, 0.3) is 11.5 Å². The SMILES string of the molecule is Cc1cnc(-c2cc(Br)ccn2)n1COCC[Si](C)(C)C. The predicted molar refractivity (Wildman–Crippen MR) is 92.0 cm³/mol. The average molecular weight is 368 g/mol. The predicted octanol–water partition coefficient (Wildman–Crippen LogP) is 4.33. The largest absolute Gasteiger partial charge is 0.361 e. The van der Waals surface area contributed by atoms with Gasteiger partial charge in [0.25, 0.3) is 0 Å². The van der Waals surface area contributed by atoms with Crippen molar-refractivity contribution >= 4 is 24.0 Å². The summed E-state index contributed by atoms with van der Waals surface area (Å²) in [5.74, 6) is 0.849. The van der Waals surface area contributed by atoms with Crippen molar-refractivity contribution in [1.29, 1.82) is 0 Å². The van der Waals surface area contributed by atoms with Crippen molar-refractivity contribution < 1.29 is 4.74 Å². The molecule has 4 nitrogen and oxygen atoms in total. The second-order valence-corrected chi connectivity index (χ2v) is 12.9. The van der Waals surface area contributed by atoms with Crippen LogP contribution in [0.3, 0.4) is 0 Å². The molecule has 0 bridgehead atoms. The van der Waals surface area contributed by atoms with Crippen molar-refractivity contribution in [3.8, 4) is 11.5 Å². The zero-order valence-corrected chi connectivity index (χ0v) is 15.6. The van der Waals surface area contributed by atoms with Gasteiger partial charge in [-0.15, -0.1) is 0 Å². The molecule has 2 aromatic heterocycles. The highest BCUT2D eigenvalue weighted by Gasteiger charge is 2.14. The first-order valence-electron chi connectivity index (χ1n) is 7.08. The first-order valence-corrected chi connectivity index (χ1v) is 11.6. The fourth-order valence-corrected chi connectivity index (χ4v) is 2.98. The minimum absolute atomic E-state index is 0.528. The maximum Gasteiger partial charge on any atom is 0.160 e. The van der Waals surface area contributed by atoms with Gasteiger partial charge in [0, 0.05) is 37.2 Å². The van der Waals surface area contributed by atoms with Crippen LogP contribution in [0.4, 0.5) is 0 Å². The van der Waals surface area contributed by atoms with Gasteiger partial charge in [-0.2, -0.15) is 0 Å². The summed E-state index contributed by atoms with van der Waals surface area (Å²) in [5.41, 5.74) is 1.94. The van der Waals surface area contributed by atoms with Gasteiger partial charge in [-0.05, 0) is 25.1 Å². The summed E-state index contributed by atoms with van der Waals surface area (Å²) in [5, 5.41) is 0. The van der Waals surface area contributed by atoms with E-state index in [1.165, 1.54) is 6.04 Å². The maximum absolute atomic E-state index is 5.85. The summed E-state index contributed by atoms with van der Waals surface area (Å²) in [7, 11) is -1.05. The highest BCUT2D eigenvalue weighted by atomic mass is 79.9. The van der Waals surface area contributed by atoms with Gasteiger partial charge in [0.15, 0.2) is 5.82 Å². The second-order valence-electron chi connectivity index (χ2n) is 6.36. The Labute approximate surface area is 135 Å². The number of halogens is 1. The summed E-state index contributed by atoms with van der Waals surface area (Å²) in [4.78, 5) is 8.85.